The monoisotopic (exact) mass is 327 g/mol. The fourth-order valence-electron chi connectivity index (χ4n) is 3.57. The summed E-state index contributed by atoms with van der Waals surface area (Å²) in [5.74, 6) is 0.634. The van der Waals surface area contributed by atoms with Gasteiger partial charge in [-0.2, -0.15) is 5.10 Å². The standard InChI is InChI=1S/C18H25N5O/c1-13(22(2)18(24)17-5-3-4-15(17)10-19)14-6-8-16(9-7-14)23-12-20-11-21-23/h6-9,11-13,15,17H,3-5,10,19H2,1-2H3/t13?,15-,17-/m1/s1. The molecular weight excluding hydrogens is 302 g/mol. The zero-order valence-corrected chi connectivity index (χ0v) is 14.3. The summed E-state index contributed by atoms with van der Waals surface area (Å²) in [4.78, 5) is 18.7. The van der Waals surface area contributed by atoms with Crippen molar-refractivity contribution in [2.45, 2.75) is 32.2 Å². The van der Waals surface area contributed by atoms with Gasteiger partial charge in [-0.25, -0.2) is 9.67 Å². The van der Waals surface area contributed by atoms with Crippen LogP contribution in [0.2, 0.25) is 0 Å². The molecule has 1 saturated carbocycles. The van der Waals surface area contributed by atoms with Crippen LogP contribution in [0, 0.1) is 11.8 Å². The van der Waals surface area contributed by atoms with Crippen molar-refractivity contribution in [3.8, 4) is 5.69 Å². The molecular formula is C18H25N5O. The minimum Gasteiger partial charge on any atom is -0.339 e. The van der Waals surface area contributed by atoms with E-state index < -0.39 is 0 Å². The van der Waals surface area contributed by atoms with E-state index in [9.17, 15) is 4.79 Å². The topological polar surface area (TPSA) is 77.0 Å². The van der Waals surface area contributed by atoms with E-state index >= 15 is 0 Å². The van der Waals surface area contributed by atoms with Crippen molar-refractivity contribution in [2.24, 2.45) is 17.6 Å². The van der Waals surface area contributed by atoms with Crippen molar-refractivity contribution >= 4 is 5.91 Å². The first-order chi connectivity index (χ1) is 11.6. The van der Waals surface area contributed by atoms with Crippen molar-refractivity contribution in [1.82, 2.24) is 19.7 Å². The van der Waals surface area contributed by atoms with E-state index in [-0.39, 0.29) is 17.9 Å². The molecule has 1 fully saturated rings. The molecule has 0 bridgehead atoms. The third-order valence-electron chi connectivity index (χ3n) is 5.27. The SMILES string of the molecule is CC(c1ccc(-n2cncn2)cc1)N(C)C(=O)[C@@H]1CCC[C@@H]1CN. The lowest BCUT2D eigenvalue weighted by molar-refractivity contribution is -0.137. The molecule has 6 nitrogen and oxygen atoms in total. The fraction of sp³-hybridized carbons (Fsp3) is 0.500. The van der Waals surface area contributed by atoms with E-state index in [0.29, 0.717) is 12.5 Å². The summed E-state index contributed by atoms with van der Waals surface area (Å²) in [5.41, 5.74) is 7.89. The van der Waals surface area contributed by atoms with Gasteiger partial charge in [-0.15, -0.1) is 0 Å². The van der Waals surface area contributed by atoms with Crippen LogP contribution < -0.4 is 5.73 Å². The van der Waals surface area contributed by atoms with Crippen LogP contribution in [0.3, 0.4) is 0 Å². The van der Waals surface area contributed by atoms with Crippen molar-refractivity contribution in [3.05, 3.63) is 42.5 Å². The first-order valence-electron chi connectivity index (χ1n) is 8.53. The van der Waals surface area contributed by atoms with Crippen LogP contribution >= 0.6 is 0 Å². The molecule has 1 aliphatic rings. The number of rotatable bonds is 5. The highest BCUT2D eigenvalue weighted by Gasteiger charge is 2.35. The Bertz CT molecular complexity index is 667. The number of benzene rings is 1. The molecule has 1 amide bonds. The molecule has 128 valence electrons. The van der Waals surface area contributed by atoms with Gasteiger partial charge in [-0.05, 0) is 49.9 Å². The lowest BCUT2D eigenvalue weighted by Crippen LogP contribution is -2.38. The minimum atomic E-state index is 0.0290. The molecule has 1 heterocycles. The van der Waals surface area contributed by atoms with Gasteiger partial charge < -0.3 is 10.6 Å². The third kappa shape index (κ3) is 3.19. The Balaban J connectivity index is 1.71. The number of hydrogen-bond acceptors (Lipinski definition) is 4. The summed E-state index contributed by atoms with van der Waals surface area (Å²) in [5, 5.41) is 4.12. The van der Waals surface area contributed by atoms with E-state index in [1.54, 1.807) is 11.0 Å². The van der Waals surface area contributed by atoms with E-state index in [1.807, 2.05) is 36.2 Å². The molecule has 0 aliphatic heterocycles. The van der Waals surface area contributed by atoms with Crippen LogP contribution in [0.1, 0.15) is 37.8 Å². The normalized spacial score (nSPS) is 21.6. The van der Waals surface area contributed by atoms with Gasteiger partial charge in [0.1, 0.15) is 12.7 Å². The maximum absolute atomic E-state index is 12.8. The smallest absolute Gasteiger partial charge is 0.226 e. The Morgan fingerprint density at radius 1 is 1.38 bits per heavy atom. The average Bonchev–Trinajstić information content (AvgIpc) is 3.31. The van der Waals surface area contributed by atoms with Gasteiger partial charge >= 0.3 is 0 Å². The van der Waals surface area contributed by atoms with Crippen LogP contribution in [-0.2, 0) is 4.79 Å². The van der Waals surface area contributed by atoms with Crippen molar-refractivity contribution in [2.75, 3.05) is 13.6 Å². The quantitative estimate of drug-likeness (QED) is 0.913. The van der Waals surface area contributed by atoms with Gasteiger partial charge in [-0.3, -0.25) is 4.79 Å². The summed E-state index contributed by atoms with van der Waals surface area (Å²) in [7, 11) is 1.89. The maximum Gasteiger partial charge on any atom is 0.226 e. The molecule has 2 aromatic rings. The molecule has 3 rings (SSSR count). The Morgan fingerprint density at radius 2 is 2.12 bits per heavy atom. The van der Waals surface area contributed by atoms with Gasteiger partial charge in [0.15, 0.2) is 0 Å². The molecule has 2 N–H and O–H groups in total. The minimum absolute atomic E-state index is 0.0290. The molecule has 1 aromatic carbocycles. The van der Waals surface area contributed by atoms with Crippen molar-refractivity contribution in [3.63, 3.8) is 0 Å². The number of nitrogens with zero attached hydrogens (tertiary/aromatic N) is 4. The van der Waals surface area contributed by atoms with Crippen LogP contribution in [0.15, 0.2) is 36.9 Å². The van der Waals surface area contributed by atoms with E-state index in [1.165, 1.54) is 6.33 Å². The average molecular weight is 327 g/mol. The molecule has 1 aliphatic carbocycles. The number of carbonyl (C=O) groups is 1. The highest BCUT2D eigenvalue weighted by Crippen LogP contribution is 2.34. The molecule has 24 heavy (non-hydrogen) atoms. The summed E-state index contributed by atoms with van der Waals surface area (Å²) in [6.45, 7) is 2.67. The molecule has 0 spiro atoms. The molecule has 6 heteroatoms. The fourth-order valence-corrected chi connectivity index (χ4v) is 3.57. The Labute approximate surface area is 142 Å². The zero-order chi connectivity index (χ0) is 17.1. The largest absolute Gasteiger partial charge is 0.339 e. The predicted molar refractivity (Wildman–Crippen MR) is 92.4 cm³/mol. The van der Waals surface area contributed by atoms with E-state index in [4.69, 9.17) is 5.73 Å². The first kappa shape index (κ1) is 16.6. The van der Waals surface area contributed by atoms with Crippen LogP contribution in [0.25, 0.3) is 5.69 Å². The van der Waals surface area contributed by atoms with Crippen LogP contribution in [-0.4, -0.2) is 39.2 Å². The van der Waals surface area contributed by atoms with Crippen LogP contribution in [0.4, 0.5) is 0 Å². The molecule has 0 radical (unpaired) electrons. The second kappa shape index (κ2) is 7.13. The van der Waals surface area contributed by atoms with Gasteiger partial charge in [0.05, 0.1) is 11.7 Å². The summed E-state index contributed by atoms with van der Waals surface area (Å²) >= 11 is 0. The highest BCUT2D eigenvalue weighted by atomic mass is 16.2. The number of aromatic nitrogens is 3. The lowest BCUT2D eigenvalue weighted by atomic mass is 9.94. The van der Waals surface area contributed by atoms with E-state index in [0.717, 1.165) is 30.5 Å². The summed E-state index contributed by atoms with van der Waals surface area (Å²) in [6, 6.07) is 8.11. The second-order valence-electron chi connectivity index (χ2n) is 6.59. The summed E-state index contributed by atoms with van der Waals surface area (Å²) in [6.07, 6.45) is 6.32. The Hall–Kier alpha value is -2.21. The van der Waals surface area contributed by atoms with Crippen molar-refractivity contribution in [1.29, 1.82) is 0 Å². The van der Waals surface area contributed by atoms with Gasteiger partial charge in [0.25, 0.3) is 0 Å². The predicted octanol–water partition coefficient (Wildman–Crippen LogP) is 2.16. The molecule has 1 aromatic heterocycles. The first-order valence-corrected chi connectivity index (χ1v) is 8.53. The zero-order valence-electron chi connectivity index (χ0n) is 14.3. The Morgan fingerprint density at radius 3 is 2.75 bits per heavy atom. The molecule has 3 atom stereocenters. The van der Waals surface area contributed by atoms with Crippen molar-refractivity contribution < 1.29 is 4.79 Å². The Kier molecular flexibility index (Phi) is 4.94. The van der Waals surface area contributed by atoms with E-state index in [2.05, 4.69) is 17.0 Å². The van der Waals surface area contributed by atoms with Gasteiger partial charge in [0.2, 0.25) is 5.91 Å². The third-order valence-corrected chi connectivity index (χ3v) is 5.27. The lowest BCUT2D eigenvalue weighted by Gasteiger charge is -2.30. The second-order valence-corrected chi connectivity index (χ2v) is 6.59. The van der Waals surface area contributed by atoms with Gasteiger partial charge in [-0.1, -0.05) is 18.6 Å². The molecule has 0 saturated heterocycles. The summed E-state index contributed by atoms with van der Waals surface area (Å²) < 4.78 is 1.72. The number of nitrogens with two attached hydrogens (primary N) is 1. The molecule has 1 unspecified atom stereocenters. The van der Waals surface area contributed by atoms with Gasteiger partial charge in [0, 0.05) is 13.0 Å². The number of amides is 1. The van der Waals surface area contributed by atoms with Crippen LogP contribution in [0.5, 0.6) is 0 Å². The highest BCUT2D eigenvalue weighted by molar-refractivity contribution is 5.79. The number of carbonyl (C=O) groups excluding carboxylic acids is 1. The maximum atomic E-state index is 12.8. The number of hydrogen-bond donors (Lipinski definition) is 1.